The number of methoxy groups -OCH3 is 2. The van der Waals surface area contributed by atoms with Gasteiger partial charge >= 0.3 is 0 Å². The van der Waals surface area contributed by atoms with Gasteiger partial charge in [-0.1, -0.05) is 0 Å². The second-order valence-electron chi connectivity index (χ2n) is 5.18. The molecule has 4 nitrogen and oxygen atoms in total. The molecule has 0 aliphatic carbocycles. The van der Waals surface area contributed by atoms with Gasteiger partial charge in [0.25, 0.3) is 0 Å². The number of carbonyl (C=O) groups is 1. The number of amides is 1. The van der Waals surface area contributed by atoms with Crippen molar-refractivity contribution in [2.45, 2.75) is 19.4 Å². The van der Waals surface area contributed by atoms with E-state index < -0.39 is 0 Å². The molecular formula is C17H20BrNO3S. The fourth-order valence-corrected chi connectivity index (χ4v) is 3.75. The fraction of sp³-hybridized carbons (Fsp3) is 0.353. The van der Waals surface area contributed by atoms with Crippen molar-refractivity contribution in [2.24, 2.45) is 0 Å². The van der Waals surface area contributed by atoms with Crippen LogP contribution in [0.1, 0.15) is 16.9 Å². The zero-order valence-electron chi connectivity index (χ0n) is 13.5. The van der Waals surface area contributed by atoms with Gasteiger partial charge in [-0.2, -0.15) is 0 Å². The maximum Gasteiger partial charge on any atom is 0.222 e. The minimum atomic E-state index is 0.122. The zero-order valence-corrected chi connectivity index (χ0v) is 15.9. The Balaban J connectivity index is 1.93. The molecule has 23 heavy (non-hydrogen) atoms. The number of halogens is 1. The predicted molar refractivity (Wildman–Crippen MR) is 96.4 cm³/mol. The van der Waals surface area contributed by atoms with Gasteiger partial charge in [-0.25, -0.2) is 0 Å². The Morgan fingerprint density at radius 1 is 1.17 bits per heavy atom. The summed E-state index contributed by atoms with van der Waals surface area (Å²) in [5.74, 6) is 1.60. The molecule has 6 heteroatoms. The van der Waals surface area contributed by atoms with Crippen molar-refractivity contribution < 1.29 is 14.3 Å². The Morgan fingerprint density at radius 3 is 2.35 bits per heavy atom. The highest BCUT2D eigenvalue weighted by Crippen LogP contribution is 2.24. The van der Waals surface area contributed by atoms with E-state index in [1.54, 1.807) is 30.5 Å². The molecule has 1 amide bonds. The molecule has 0 spiro atoms. The van der Waals surface area contributed by atoms with Gasteiger partial charge in [0.05, 0.1) is 24.6 Å². The summed E-state index contributed by atoms with van der Waals surface area (Å²) in [5.41, 5.74) is 1.03. The van der Waals surface area contributed by atoms with Crippen molar-refractivity contribution in [3.8, 4) is 11.5 Å². The lowest BCUT2D eigenvalue weighted by atomic mass is 10.1. The van der Waals surface area contributed by atoms with E-state index in [4.69, 9.17) is 9.47 Å². The number of hydrogen-bond acceptors (Lipinski definition) is 4. The van der Waals surface area contributed by atoms with Crippen LogP contribution in [0, 0.1) is 0 Å². The summed E-state index contributed by atoms with van der Waals surface area (Å²) in [4.78, 5) is 15.2. The van der Waals surface area contributed by atoms with Gasteiger partial charge in [-0.05, 0) is 52.2 Å². The first kappa shape index (κ1) is 17.8. The molecule has 124 valence electrons. The van der Waals surface area contributed by atoms with Crippen molar-refractivity contribution in [1.29, 1.82) is 0 Å². The molecule has 0 aliphatic rings. The highest BCUT2D eigenvalue weighted by molar-refractivity contribution is 9.11. The highest BCUT2D eigenvalue weighted by Gasteiger charge is 2.11. The first-order valence-electron chi connectivity index (χ1n) is 7.22. The molecule has 1 aromatic heterocycles. The van der Waals surface area contributed by atoms with Gasteiger partial charge in [0.2, 0.25) is 5.91 Å². The molecule has 0 saturated heterocycles. The average molecular weight is 398 g/mol. The number of rotatable bonds is 7. The fourth-order valence-electron chi connectivity index (χ4n) is 2.21. The number of benzene rings is 1. The van der Waals surface area contributed by atoms with Crippen LogP contribution in [0.2, 0.25) is 0 Å². The van der Waals surface area contributed by atoms with Crippen LogP contribution in [0.15, 0.2) is 34.1 Å². The molecular weight excluding hydrogens is 378 g/mol. The number of nitrogens with zero attached hydrogens (tertiary/aromatic N) is 1. The summed E-state index contributed by atoms with van der Waals surface area (Å²) in [6.45, 7) is 0.635. The molecule has 1 heterocycles. The van der Waals surface area contributed by atoms with E-state index in [2.05, 4.69) is 15.9 Å². The van der Waals surface area contributed by atoms with Crippen molar-refractivity contribution in [3.63, 3.8) is 0 Å². The van der Waals surface area contributed by atoms with E-state index in [-0.39, 0.29) is 5.91 Å². The van der Waals surface area contributed by atoms with Crippen LogP contribution in [-0.4, -0.2) is 32.1 Å². The second-order valence-corrected chi connectivity index (χ2v) is 7.72. The van der Waals surface area contributed by atoms with E-state index in [9.17, 15) is 4.79 Å². The quantitative estimate of drug-likeness (QED) is 0.705. The van der Waals surface area contributed by atoms with Gasteiger partial charge in [-0.3, -0.25) is 4.79 Å². The van der Waals surface area contributed by atoms with Gasteiger partial charge in [-0.15, -0.1) is 11.3 Å². The van der Waals surface area contributed by atoms with Crippen molar-refractivity contribution in [3.05, 3.63) is 44.6 Å². The van der Waals surface area contributed by atoms with Crippen LogP contribution in [0.4, 0.5) is 0 Å². The zero-order chi connectivity index (χ0) is 16.8. The third kappa shape index (κ3) is 5.25. The van der Waals surface area contributed by atoms with E-state index in [0.29, 0.717) is 19.4 Å². The van der Waals surface area contributed by atoms with Crippen LogP contribution >= 0.6 is 27.3 Å². The normalized spacial score (nSPS) is 10.4. The standard InChI is InChI=1S/C17H20BrNO3S/c1-19(11-15-5-6-16(18)23-15)17(20)7-4-12-8-13(21-2)10-14(9-12)22-3/h5-6,8-10H,4,7,11H2,1-3H3. The molecule has 0 N–H and O–H groups in total. The molecule has 2 aromatic rings. The van der Waals surface area contributed by atoms with Gasteiger partial charge in [0, 0.05) is 24.4 Å². The minimum Gasteiger partial charge on any atom is -0.497 e. The third-order valence-electron chi connectivity index (χ3n) is 3.49. The van der Waals surface area contributed by atoms with Gasteiger partial charge in [0.15, 0.2) is 0 Å². The molecule has 1 aromatic carbocycles. The number of hydrogen-bond donors (Lipinski definition) is 0. The molecule has 0 fully saturated rings. The van der Waals surface area contributed by atoms with Crippen molar-refractivity contribution in [1.82, 2.24) is 4.90 Å². The minimum absolute atomic E-state index is 0.122. The second kappa shape index (κ2) is 8.36. The Morgan fingerprint density at radius 2 is 1.83 bits per heavy atom. The van der Waals surface area contributed by atoms with E-state index in [1.165, 1.54) is 0 Å². The topological polar surface area (TPSA) is 38.8 Å². The van der Waals surface area contributed by atoms with E-state index >= 15 is 0 Å². The smallest absolute Gasteiger partial charge is 0.222 e. The summed E-state index contributed by atoms with van der Waals surface area (Å²) in [7, 11) is 5.08. The van der Waals surface area contributed by atoms with Crippen LogP contribution < -0.4 is 9.47 Å². The summed E-state index contributed by atoms with van der Waals surface area (Å²) >= 11 is 5.09. The number of thiophene rings is 1. The van der Waals surface area contributed by atoms with Gasteiger partial charge < -0.3 is 14.4 Å². The summed E-state index contributed by atoms with van der Waals surface area (Å²) in [6.07, 6.45) is 1.12. The SMILES string of the molecule is COc1cc(CCC(=O)N(C)Cc2ccc(Br)s2)cc(OC)c1. The Labute approximate surface area is 149 Å². The molecule has 0 bridgehead atoms. The lowest BCUT2D eigenvalue weighted by molar-refractivity contribution is -0.130. The molecule has 0 atom stereocenters. The van der Waals surface area contributed by atoms with E-state index in [0.717, 1.165) is 25.7 Å². The maximum atomic E-state index is 12.3. The average Bonchev–Trinajstić information content (AvgIpc) is 2.96. The monoisotopic (exact) mass is 397 g/mol. The summed E-state index contributed by atoms with van der Waals surface area (Å²) in [6, 6.07) is 9.73. The third-order valence-corrected chi connectivity index (χ3v) is 5.09. The molecule has 2 rings (SSSR count). The van der Waals surface area contributed by atoms with Crippen LogP contribution in [0.25, 0.3) is 0 Å². The lowest BCUT2D eigenvalue weighted by Gasteiger charge is -2.16. The van der Waals surface area contributed by atoms with E-state index in [1.807, 2.05) is 37.4 Å². The molecule has 0 aliphatic heterocycles. The first-order valence-corrected chi connectivity index (χ1v) is 8.83. The van der Waals surface area contributed by atoms with Crippen molar-refractivity contribution in [2.75, 3.05) is 21.3 Å². The predicted octanol–water partition coefficient (Wildman–Crippen LogP) is 4.12. The van der Waals surface area contributed by atoms with Crippen LogP contribution in [0.3, 0.4) is 0 Å². The van der Waals surface area contributed by atoms with Crippen LogP contribution in [-0.2, 0) is 17.8 Å². The van der Waals surface area contributed by atoms with Crippen LogP contribution in [0.5, 0.6) is 11.5 Å². The largest absolute Gasteiger partial charge is 0.497 e. The Kier molecular flexibility index (Phi) is 6.47. The molecule has 0 radical (unpaired) electrons. The first-order chi connectivity index (χ1) is 11.0. The molecule has 0 unspecified atom stereocenters. The summed E-state index contributed by atoms with van der Waals surface area (Å²) < 4.78 is 11.6. The summed E-state index contributed by atoms with van der Waals surface area (Å²) in [5, 5.41) is 0. The highest BCUT2D eigenvalue weighted by atomic mass is 79.9. The number of ether oxygens (including phenoxy) is 2. The Bertz CT molecular complexity index is 649. The number of aryl methyl sites for hydroxylation is 1. The molecule has 0 saturated carbocycles. The van der Waals surface area contributed by atoms with Crippen molar-refractivity contribution >= 4 is 33.2 Å². The maximum absolute atomic E-state index is 12.3. The Hall–Kier alpha value is -1.53. The lowest BCUT2D eigenvalue weighted by Crippen LogP contribution is -2.25. The van der Waals surface area contributed by atoms with Gasteiger partial charge in [0.1, 0.15) is 11.5 Å². The number of carbonyl (C=O) groups excluding carboxylic acids is 1.